The first-order valence-corrected chi connectivity index (χ1v) is 7.78. The van der Waals surface area contributed by atoms with Crippen molar-refractivity contribution in [2.45, 2.75) is 13.5 Å². The SMILES string of the molecule is CCN(CC(=O)Nc1cccc(OC)c1)Cc1cccs1. The van der Waals surface area contributed by atoms with Crippen molar-refractivity contribution in [1.29, 1.82) is 0 Å². The lowest BCUT2D eigenvalue weighted by molar-refractivity contribution is -0.117. The van der Waals surface area contributed by atoms with Gasteiger partial charge in [-0.05, 0) is 30.1 Å². The molecule has 21 heavy (non-hydrogen) atoms. The van der Waals surface area contributed by atoms with Gasteiger partial charge in [0.25, 0.3) is 0 Å². The second-order valence-corrected chi connectivity index (χ2v) is 5.70. The number of nitrogens with zero attached hydrogens (tertiary/aromatic N) is 1. The molecule has 0 aliphatic rings. The second kappa shape index (κ2) is 7.81. The molecule has 1 amide bonds. The number of anilines is 1. The minimum absolute atomic E-state index is 0.0124. The Hall–Kier alpha value is -1.85. The summed E-state index contributed by atoms with van der Waals surface area (Å²) in [6.45, 7) is 4.08. The van der Waals surface area contributed by atoms with Crippen molar-refractivity contribution < 1.29 is 9.53 Å². The normalized spacial score (nSPS) is 10.6. The van der Waals surface area contributed by atoms with Gasteiger partial charge in [-0.2, -0.15) is 0 Å². The van der Waals surface area contributed by atoms with Crippen LogP contribution in [0, 0.1) is 0 Å². The van der Waals surface area contributed by atoms with E-state index in [-0.39, 0.29) is 5.91 Å². The van der Waals surface area contributed by atoms with Gasteiger partial charge in [0, 0.05) is 23.2 Å². The van der Waals surface area contributed by atoms with Gasteiger partial charge >= 0.3 is 0 Å². The van der Waals surface area contributed by atoms with Gasteiger partial charge in [0.1, 0.15) is 5.75 Å². The number of carbonyl (C=O) groups is 1. The molecule has 1 aromatic carbocycles. The summed E-state index contributed by atoms with van der Waals surface area (Å²) in [5.74, 6) is 0.723. The Labute approximate surface area is 129 Å². The Morgan fingerprint density at radius 3 is 2.86 bits per heavy atom. The number of amides is 1. The maximum Gasteiger partial charge on any atom is 0.238 e. The van der Waals surface area contributed by atoms with E-state index in [1.54, 1.807) is 18.4 Å². The first-order chi connectivity index (χ1) is 10.2. The van der Waals surface area contributed by atoms with Gasteiger partial charge in [-0.15, -0.1) is 11.3 Å². The summed E-state index contributed by atoms with van der Waals surface area (Å²) < 4.78 is 5.15. The molecule has 5 heteroatoms. The van der Waals surface area contributed by atoms with Crippen LogP contribution in [0.3, 0.4) is 0 Å². The van der Waals surface area contributed by atoms with Crippen LogP contribution >= 0.6 is 11.3 Å². The summed E-state index contributed by atoms with van der Waals surface area (Å²) in [5, 5.41) is 4.96. The van der Waals surface area contributed by atoms with Crippen molar-refractivity contribution in [3.63, 3.8) is 0 Å². The summed E-state index contributed by atoms with van der Waals surface area (Å²) in [7, 11) is 1.61. The van der Waals surface area contributed by atoms with Crippen molar-refractivity contribution in [3.05, 3.63) is 46.7 Å². The maximum absolute atomic E-state index is 12.1. The van der Waals surface area contributed by atoms with Crippen LogP contribution in [0.5, 0.6) is 5.75 Å². The maximum atomic E-state index is 12.1. The molecule has 0 spiro atoms. The summed E-state index contributed by atoms with van der Waals surface area (Å²) in [5.41, 5.74) is 0.756. The molecule has 0 radical (unpaired) electrons. The summed E-state index contributed by atoms with van der Waals surface area (Å²) in [4.78, 5) is 15.5. The van der Waals surface area contributed by atoms with Crippen LogP contribution < -0.4 is 10.1 Å². The van der Waals surface area contributed by atoms with E-state index in [9.17, 15) is 4.79 Å². The molecule has 0 saturated heterocycles. The Morgan fingerprint density at radius 2 is 2.19 bits per heavy atom. The zero-order chi connectivity index (χ0) is 15.1. The average Bonchev–Trinajstić information content (AvgIpc) is 2.99. The van der Waals surface area contributed by atoms with Gasteiger partial charge < -0.3 is 10.1 Å². The number of nitrogens with one attached hydrogen (secondary N) is 1. The minimum atomic E-state index is -0.0124. The molecular weight excluding hydrogens is 284 g/mol. The van der Waals surface area contributed by atoms with E-state index in [4.69, 9.17) is 4.74 Å². The fraction of sp³-hybridized carbons (Fsp3) is 0.312. The minimum Gasteiger partial charge on any atom is -0.497 e. The van der Waals surface area contributed by atoms with Gasteiger partial charge in [0.2, 0.25) is 5.91 Å². The third-order valence-corrected chi connectivity index (χ3v) is 3.99. The van der Waals surface area contributed by atoms with E-state index in [2.05, 4.69) is 28.6 Å². The largest absolute Gasteiger partial charge is 0.497 e. The Kier molecular flexibility index (Phi) is 5.78. The molecule has 1 aromatic heterocycles. The Balaban J connectivity index is 1.90. The quantitative estimate of drug-likeness (QED) is 0.854. The zero-order valence-electron chi connectivity index (χ0n) is 12.3. The highest BCUT2D eigenvalue weighted by Gasteiger charge is 2.10. The van der Waals surface area contributed by atoms with Crippen LogP contribution in [0.15, 0.2) is 41.8 Å². The van der Waals surface area contributed by atoms with Crippen molar-refractivity contribution in [3.8, 4) is 5.75 Å². The van der Waals surface area contributed by atoms with Crippen LogP contribution in [0.25, 0.3) is 0 Å². The molecule has 0 aliphatic carbocycles. The van der Waals surface area contributed by atoms with Crippen molar-refractivity contribution in [1.82, 2.24) is 4.90 Å². The smallest absolute Gasteiger partial charge is 0.238 e. The number of carbonyl (C=O) groups excluding carboxylic acids is 1. The number of hydrogen-bond donors (Lipinski definition) is 1. The van der Waals surface area contributed by atoms with E-state index in [1.165, 1.54) is 4.88 Å². The Morgan fingerprint density at radius 1 is 1.33 bits per heavy atom. The zero-order valence-corrected chi connectivity index (χ0v) is 13.2. The molecule has 2 aromatic rings. The number of methoxy groups -OCH3 is 1. The van der Waals surface area contributed by atoms with E-state index in [0.717, 1.165) is 24.5 Å². The highest BCUT2D eigenvalue weighted by Crippen LogP contribution is 2.17. The number of hydrogen-bond acceptors (Lipinski definition) is 4. The highest BCUT2D eigenvalue weighted by molar-refractivity contribution is 7.09. The van der Waals surface area contributed by atoms with Gasteiger partial charge in [-0.3, -0.25) is 9.69 Å². The van der Waals surface area contributed by atoms with Crippen LogP contribution in [-0.2, 0) is 11.3 Å². The number of benzene rings is 1. The van der Waals surface area contributed by atoms with Gasteiger partial charge in [-0.1, -0.05) is 19.1 Å². The molecule has 1 heterocycles. The lowest BCUT2D eigenvalue weighted by atomic mass is 10.3. The fourth-order valence-electron chi connectivity index (χ4n) is 2.01. The number of likely N-dealkylation sites (N-methyl/N-ethyl adjacent to an activating group) is 1. The summed E-state index contributed by atoms with van der Waals surface area (Å²) >= 11 is 1.71. The van der Waals surface area contributed by atoms with Crippen molar-refractivity contribution in [2.24, 2.45) is 0 Å². The van der Waals surface area contributed by atoms with Crippen LogP contribution in [-0.4, -0.2) is 31.0 Å². The molecule has 0 unspecified atom stereocenters. The van der Waals surface area contributed by atoms with Gasteiger partial charge in [-0.25, -0.2) is 0 Å². The fourth-order valence-corrected chi connectivity index (χ4v) is 2.75. The summed E-state index contributed by atoms with van der Waals surface area (Å²) in [6.07, 6.45) is 0. The van der Waals surface area contributed by atoms with E-state index < -0.39 is 0 Å². The van der Waals surface area contributed by atoms with Crippen molar-refractivity contribution >= 4 is 22.9 Å². The molecule has 0 bridgehead atoms. The van der Waals surface area contributed by atoms with Gasteiger partial charge in [0.15, 0.2) is 0 Å². The van der Waals surface area contributed by atoms with E-state index in [1.807, 2.05) is 30.3 Å². The van der Waals surface area contributed by atoms with Gasteiger partial charge in [0.05, 0.1) is 13.7 Å². The average molecular weight is 304 g/mol. The summed E-state index contributed by atoms with van der Waals surface area (Å²) in [6, 6.07) is 11.5. The third-order valence-electron chi connectivity index (χ3n) is 3.13. The van der Waals surface area contributed by atoms with E-state index in [0.29, 0.717) is 6.54 Å². The monoisotopic (exact) mass is 304 g/mol. The number of rotatable bonds is 7. The molecule has 4 nitrogen and oxygen atoms in total. The molecule has 0 aliphatic heterocycles. The first kappa shape index (κ1) is 15.5. The third kappa shape index (κ3) is 4.88. The van der Waals surface area contributed by atoms with Crippen LogP contribution in [0.1, 0.15) is 11.8 Å². The molecule has 0 fully saturated rings. The molecule has 1 N–H and O–H groups in total. The van der Waals surface area contributed by atoms with Crippen LogP contribution in [0.2, 0.25) is 0 Å². The van der Waals surface area contributed by atoms with E-state index >= 15 is 0 Å². The standard InChI is InChI=1S/C16H20N2O2S/c1-3-18(11-15-8-5-9-21-15)12-16(19)17-13-6-4-7-14(10-13)20-2/h4-10H,3,11-12H2,1-2H3,(H,17,19). The lowest BCUT2D eigenvalue weighted by Crippen LogP contribution is -2.32. The first-order valence-electron chi connectivity index (χ1n) is 6.90. The Bertz CT molecular complexity index is 569. The molecule has 112 valence electrons. The van der Waals surface area contributed by atoms with Crippen molar-refractivity contribution in [2.75, 3.05) is 25.5 Å². The number of thiophene rings is 1. The topological polar surface area (TPSA) is 41.6 Å². The highest BCUT2D eigenvalue weighted by atomic mass is 32.1. The number of ether oxygens (including phenoxy) is 1. The predicted octanol–water partition coefficient (Wildman–Crippen LogP) is 3.22. The lowest BCUT2D eigenvalue weighted by Gasteiger charge is -2.19. The second-order valence-electron chi connectivity index (χ2n) is 4.66. The molecule has 0 atom stereocenters. The molecular formula is C16H20N2O2S. The molecule has 2 rings (SSSR count). The predicted molar refractivity (Wildman–Crippen MR) is 86.9 cm³/mol. The molecule has 0 saturated carbocycles. The van der Waals surface area contributed by atoms with Crippen LogP contribution in [0.4, 0.5) is 5.69 Å².